The molecule has 1 heterocycles. The number of aliphatic hydroxyl groups excluding tert-OH is 1. The summed E-state index contributed by atoms with van der Waals surface area (Å²) in [6.07, 6.45) is 14.2. The van der Waals surface area contributed by atoms with E-state index in [0.717, 1.165) is 70.0 Å². The Labute approximate surface area is 320 Å². The molecule has 3 N–H and O–H groups in total. The molecule has 7 aliphatic rings. The number of fused-ring (bicyclic) bond motifs is 8. The van der Waals surface area contributed by atoms with Gasteiger partial charge in [-0.25, -0.2) is 4.79 Å². The number of ketones is 1. The summed E-state index contributed by atoms with van der Waals surface area (Å²) in [5.41, 5.74) is 3.00. The Balaban J connectivity index is 1.18. The second-order valence-electron chi connectivity index (χ2n) is 18.3. The molecule has 6 nitrogen and oxygen atoms in total. The van der Waals surface area contributed by atoms with Crippen molar-refractivity contribution in [1.82, 2.24) is 4.90 Å². The summed E-state index contributed by atoms with van der Waals surface area (Å²) in [4.78, 5) is 32.7. The Morgan fingerprint density at radius 2 is 1.62 bits per heavy atom. The van der Waals surface area contributed by atoms with E-state index in [1.807, 2.05) is 60.4 Å². The van der Waals surface area contributed by atoms with E-state index in [4.69, 9.17) is 0 Å². The van der Waals surface area contributed by atoms with Crippen LogP contribution in [0.25, 0.3) is 0 Å². The molecule has 0 aliphatic heterocycles. The fourth-order valence-corrected chi connectivity index (χ4v) is 12.8. The van der Waals surface area contributed by atoms with Crippen molar-refractivity contribution in [1.29, 1.82) is 0 Å². The van der Waals surface area contributed by atoms with Gasteiger partial charge in [-0.2, -0.15) is 0 Å². The van der Waals surface area contributed by atoms with Crippen molar-refractivity contribution in [2.45, 2.75) is 122 Å². The molecule has 5 fully saturated rings. The SMILES string of the molecule is CC1=CCCC2(C)C(CCC2(O)CN(CC23CC4CC(CC(C4)C2)C3)C(=O)Nc2ccccc2)c2ccc(cc2C(=O)c2ccc(C)s2)CC(O)CC1. The normalized spacial score (nSPS) is 33.6. The van der Waals surface area contributed by atoms with Crippen LogP contribution in [0.2, 0.25) is 0 Å². The number of thiophene rings is 1. The minimum atomic E-state index is -1.17. The van der Waals surface area contributed by atoms with Gasteiger partial charge < -0.3 is 20.4 Å². The Morgan fingerprint density at radius 1 is 0.906 bits per heavy atom. The van der Waals surface area contributed by atoms with E-state index in [0.29, 0.717) is 31.4 Å². The molecule has 1 aromatic heterocycles. The molecule has 7 aliphatic carbocycles. The predicted molar refractivity (Wildman–Crippen MR) is 214 cm³/mol. The second kappa shape index (κ2) is 14.4. The van der Waals surface area contributed by atoms with Crippen molar-refractivity contribution in [2.24, 2.45) is 28.6 Å². The first-order chi connectivity index (χ1) is 25.4. The number of rotatable bonds is 7. The van der Waals surface area contributed by atoms with E-state index in [1.54, 1.807) is 0 Å². The predicted octanol–water partition coefficient (Wildman–Crippen LogP) is 10.1. The van der Waals surface area contributed by atoms with E-state index in [-0.39, 0.29) is 29.7 Å². The zero-order chi connectivity index (χ0) is 37.0. The summed E-state index contributed by atoms with van der Waals surface area (Å²) in [6.45, 7) is 7.35. The smallest absolute Gasteiger partial charge is 0.321 e. The minimum absolute atomic E-state index is 0.0146. The van der Waals surface area contributed by atoms with Crippen LogP contribution in [-0.4, -0.2) is 51.7 Å². The number of urea groups is 1. The third kappa shape index (κ3) is 7.30. The number of benzene rings is 2. The molecule has 0 radical (unpaired) electrons. The lowest BCUT2D eigenvalue weighted by Gasteiger charge is -2.58. The molecule has 7 heteroatoms. The summed E-state index contributed by atoms with van der Waals surface area (Å²) < 4.78 is 0. The average molecular weight is 735 g/mol. The summed E-state index contributed by atoms with van der Waals surface area (Å²) in [7, 11) is 0. The average Bonchev–Trinajstić information content (AvgIpc) is 3.66. The van der Waals surface area contributed by atoms with Gasteiger partial charge in [-0.05, 0) is 168 Å². The number of nitrogens with one attached hydrogen (secondary N) is 1. The van der Waals surface area contributed by atoms with Gasteiger partial charge >= 0.3 is 6.03 Å². The number of aliphatic hydroxyl groups is 2. The summed E-state index contributed by atoms with van der Waals surface area (Å²) in [5.74, 6) is 2.22. The van der Waals surface area contributed by atoms with Crippen molar-refractivity contribution in [3.63, 3.8) is 0 Å². The lowest BCUT2D eigenvalue weighted by molar-refractivity contribution is -0.0975. The first kappa shape index (κ1) is 36.7. The molecule has 0 saturated heterocycles. The van der Waals surface area contributed by atoms with Crippen molar-refractivity contribution in [3.05, 3.63) is 98.8 Å². The third-order valence-electron chi connectivity index (χ3n) is 14.3. The fraction of sp³-hybridized carbons (Fsp3) is 0.565. The lowest BCUT2D eigenvalue weighted by atomic mass is 9.49. The second-order valence-corrected chi connectivity index (χ2v) is 19.5. The molecule has 2 aromatic carbocycles. The number of nitrogens with zero attached hydrogens (tertiary/aromatic N) is 1. The van der Waals surface area contributed by atoms with Crippen LogP contribution in [0.3, 0.4) is 0 Å². The monoisotopic (exact) mass is 734 g/mol. The number of carbonyl (C=O) groups is 2. The molecule has 53 heavy (non-hydrogen) atoms. The van der Waals surface area contributed by atoms with Gasteiger partial charge in [0.15, 0.2) is 0 Å². The van der Waals surface area contributed by atoms with Gasteiger partial charge in [0.1, 0.15) is 0 Å². The first-order valence-corrected chi connectivity index (χ1v) is 21.1. The largest absolute Gasteiger partial charge is 0.393 e. The number of allylic oxidation sites excluding steroid dienone is 2. The molecule has 4 unspecified atom stereocenters. The van der Waals surface area contributed by atoms with Gasteiger partial charge in [0.25, 0.3) is 0 Å². The number of hydrogen-bond acceptors (Lipinski definition) is 5. The highest BCUT2D eigenvalue weighted by Gasteiger charge is 2.59. The highest BCUT2D eigenvalue weighted by molar-refractivity contribution is 7.14. The molecule has 3 aromatic rings. The summed E-state index contributed by atoms with van der Waals surface area (Å²) in [5, 5.41) is 27.5. The molecule has 282 valence electrons. The highest BCUT2D eigenvalue weighted by Crippen LogP contribution is 2.62. The van der Waals surface area contributed by atoms with Crippen molar-refractivity contribution < 1.29 is 19.8 Å². The zero-order valence-corrected chi connectivity index (χ0v) is 32.7. The topological polar surface area (TPSA) is 89.9 Å². The Hall–Kier alpha value is -3.26. The standard InChI is InChI=1S/C46H58N2O4S/c1-30-8-7-18-44(3)40(38-15-13-32(23-37(49)14-11-30)24-39(38)42(50)41-16-12-31(2)53-41)17-19-46(44,52)29-48(43(51)47-36-9-5-4-6-10-36)28-45-25-33-20-34(26-45)22-35(21-33)27-45/h4-6,8-10,12-13,15-16,24,33-35,37,40,49,52H,7,11,14,17-23,25-29H2,1-3H3,(H,47,51). The van der Waals surface area contributed by atoms with Gasteiger partial charge in [0, 0.05) is 28.1 Å². The van der Waals surface area contributed by atoms with Crippen LogP contribution in [0.4, 0.5) is 10.5 Å². The quantitative estimate of drug-likeness (QED) is 0.167. The lowest BCUT2D eigenvalue weighted by Crippen LogP contribution is -2.58. The van der Waals surface area contributed by atoms with E-state index in [9.17, 15) is 19.8 Å². The molecule has 5 saturated carbocycles. The summed E-state index contributed by atoms with van der Waals surface area (Å²) >= 11 is 1.52. The first-order valence-electron chi connectivity index (χ1n) is 20.3. The van der Waals surface area contributed by atoms with Crippen LogP contribution < -0.4 is 5.32 Å². The maximum atomic E-state index is 14.5. The number of amides is 2. The maximum Gasteiger partial charge on any atom is 0.321 e. The van der Waals surface area contributed by atoms with Crippen LogP contribution in [0.5, 0.6) is 0 Å². The maximum absolute atomic E-state index is 14.5. The molecule has 6 bridgehead atoms. The van der Waals surface area contributed by atoms with E-state index >= 15 is 0 Å². The number of para-hydroxylation sites is 1. The van der Waals surface area contributed by atoms with Crippen LogP contribution in [0.15, 0.2) is 72.3 Å². The molecule has 4 atom stereocenters. The van der Waals surface area contributed by atoms with Crippen LogP contribution >= 0.6 is 11.3 Å². The number of anilines is 1. The number of carbonyl (C=O) groups excluding carboxylic acids is 2. The van der Waals surface area contributed by atoms with Gasteiger partial charge in [-0.15, -0.1) is 11.3 Å². The fourth-order valence-electron chi connectivity index (χ4n) is 12.0. The van der Waals surface area contributed by atoms with E-state index in [2.05, 4.69) is 37.4 Å². The van der Waals surface area contributed by atoms with Crippen LogP contribution in [-0.2, 0) is 6.42 Å². The third-order valence-corrected chi connectivity index (χ3v) is 15.3. The van der Waals surface area contributed by atoms with Crippen molar-refractivity contribution >= 4 is 28.8 Å². The van der Waals surface area contributed by atoms with Crippen molar-refractivity contribution in [2.75, 3.05) is 18.4 Å². The molecule has 2 amide bonds. The molecular weight excluding hydrogens is 677 g/mol. The highest BCUT2D eigenvalue weighted by atomic mass is 32.1. The van der Waals surface area contributed by atoms with Gasteiger partial charge in [0.05, 0.1) is 23.1 Å². The molecule has 10 rings (SSSR count). The van der Waals surface area contributed by atoms with Crippen LogP contribution in [0.1, 0.15) is 128 Å². The van der Waals surface area contributed by atoms with Gasteiger partial charge in [-0.1, -0.05) is 48.9 Å². The minimum Gasteiger partial charge on any atom is -0.393 e. The number of hydrogen-bond donors (Lipinski definition) is 3. The Kier molecular flexibility index (Phi) is 9.99. The molecule has 0 spiro atoms. The van der Waals surface area contributed by atoms with Crippen LogP contribution in [0, 0.1) is 35.5 Å². The zero-order valence-electron chi connectivity index (χ0n) is 31.9. The van der Waals surface area contributed by atoms with Crippen molar-refractivity contribution in [3.8, 4) is 0 Å². The van der Waals surface area contributed by atoms with E-state index < -0.39 is 17.1 Å². The van der Waals surface area contributed by atoms with Gasteiger partial charge in [-0.3, -0.25) is 4.79 Å². The van der Waals surface area contributed by atoms with E-state index in [1.165, 1.54) is 55.4 Å². The summed E-state index contributed by atoms with van der Waals surface area (Å²) in [6, 6.07) is 19.8. The Morgan fingerprint density at radius 3 is 2.30 bits per heavy atom. The Bertz CT molecular complexity index is 1830. The number of aryl methyl sites for hydroxylation is 1. The van der Waals surface area contributed by atoms with Gasteiger partial charge in [0.2, 0.25) is 5.78 Å². The molecular formula is C46H58N2O4S.